The number of anilines is 1. The topological polar surface area (TPSA) is 89.3 Å². The second-order valence-electron chi connectivity index (χ2n) is 13.8. The number of methoxy groups -OCH3 is 1. The predicted octanol–water partition coefficient (Wildman–Crippen LogP) is 8.64. The second-order valence-corrected chi connectivity index (χ2v) is 15.7. The zero-order chi connectivity index (χ0) is 33.6. The molecule has 0 unspecified atom stereocenters. The number of likely N-dealkylation sites (N-methyl/N-ethyl adjacent to an activating group) is 1. The molecule has 0 aliphatic carbocycles. The van der Waals surface area contributed by atoms with Crippen LogP contribution in [0.4, 0.5) is 5.13 Å². The van der Waals surface area contributed by atoms with E-state index in [1.54, 1.807) is 18.4 Å². The molecule has 1 saturated heterocycles. The number of aromatic amines is 1. The molecule has 4 aromatic carbocycles. The van der Waals surface area contributed by atoms with Gasteiger partial charge in [0.2, 0.25) is 0 Å². The Morgan fingerprint density at radius 1 is 1.04 bits per heavy atom. The highest BCUT2D eigenvalue weighted by molar-refractivity contribution is 9.10. The van der Waals surface area contributed by atoms with Gasteiger partial charge in [-0.05, 0) is 42.8 Å². The maximum absolute atomic E-state index is 13.8. The normalized spacial score (nSPS) is 22.7. The fraction of sp³-hybridized carbons (Fsp3) is 0.231. The Morgan fingerprint density at radius 2 is 1.86 bits per heavy atom. The van der Waals surface area contributed by atoms with E-state index in [1.807, 2.05) is 12.3 Å². The van der Waals surface area contributed by atoms with Crippen LogP contribution in [-0.2, 0) is 21.7 Å². The number of ether oxygens (including phenoxy) is 2. The number of nitrogens with one attached hydrogen (secondary N) is 2. The smallest absolute Gasteiger partial charge is 0.252 e. The van der Waals surface area contributed by atoms with E-state index in [1.165, 1.54) is 5.39 Å². The van der Waals surface area contributed by atoms with Crippen molar-refractivity contribution in [3.05, 3.63) is 94.7 Å². The Kier molecular flexibility index (Phi) is 5.80. The van der Waals surface area contributed by atoms with Crippen LogP contribution >= 0.6 is 27.3 Å². The zero-order valence-electron chi connectivity index (χ0n) is 27.5. The highest BCUT2D eigenvalue weighted by atomic mass is 79.9. The van der Waals surface area contributed by atoms with Gasteiger partial charge in [-0.25, -0.2) is 4.98 Å². The number of hydrogen-bond acceptors (Lipinski definition) is 6. The molecule has 11 rings (SSSR count). The molecule has 0 spiro atoms. The van der Waals surface area contributed by atoms with Crippen LogP contribution in [0.15, 0.2) is 83.6 Å². The molecule has 0 saturated carbocycles. The Morgan fingerprint density at radius 3 is 2.72 bits per heavy atom. The van der Waals surface area contributed by atoms with Gasteiger partial charge >= 0.3 is 0 Å². The standard InChI is InChI=1S/C39H31BrN6O3S/c1-39-36(48-3)28(44(2)38-43-18-29(50-38)23-16-41-25-10-6-4-8-20(23)25)15-30(49-39)45-26-13-12-19(40)14-22(26)32-33-24(17-42-37(33)47)31-21-9-5-7-11-27(21)46(39)35(31)34(32)45/h4-14,16,18,28,30,36,41H,15,17H2,1-3H3,(H,42,47)/t28-,30-,36-,39+/m1/s1. The van der Waals surface area contributed by atoms with Gasteiger partial charge in [-0.15, -0.1) is 0 Å². The number of benzene rings is 4. The fourth-order valence-electron chi connectivity index (χ4n) is 9.39. The number of aromatic nitrogens is 4. The maximum atomic E-state index is 13.8. The number of thiazole rings is 1. The summed E-state index contributed by atoms with van der Waals surface area (Å²) in [6, 6.07) is 23.1. The monoisotopic (exact) mass is 742 g/mol. The summed E-state index contributed by atoms with van der Waals surface area (Å²) in [5, 5.41) is 9.49. The first kappa shape index (κ1) is 29.1. The maximum Gasteiger partial charge on any atom is 0.252 e. The molecule has 9 nitrogen and oxygen atoms in total. The summed E-state index contributed by atoms with van der Waals surface area (Å²) in [7, 11) is 3.92. The van der Waals surface area contributed by atoms with Crippen LogP contribution in [0, 0.1) is 0 Å². The van der Waals surface area contributed by atoms with Gasteiger partial charge in [0, 0.05) is 82.0 Å². The average molecular weight is 744 g/mol. The van der Waals surface area contributed by atoms with E-state index in [4.69, 9.17) is 14.5 Å². The van der Waals surface area contributed by atoms with Gasteiger partial charge in [-0.2, -0.15) is 0 Å². The molecule has 8 aromatic rings. The van der Waals surface area contributed by atoms with E-state index >= 15 is 0 Å². The molecular formula is C39H31BrN6O3S. The number of nitrogens with zero attached hydrogens (tertiary/aromatic N) is 4. The lowest BCUT2D eigenvalue weighted by atomic mass is 9.92. The summed E-state index contributed by atoms with van der Waals surface area (Å²) in [6.45, 7) is 2.66. The van der Waals surface area contributed by atoms with Crippen molar-refractivity contribution in [1.82, 2.24) is 24.4 Å². The molecule has 1 fully saturated rings. The third-order valence-electron chi connectivity index (χ3n) is 11.4. The first-order valence-corrected chi connectivity index (χ1v) is 18.4. The summed E-state index contributed by atoms with van der Waals surface area (Å²) in [6.07, 6.45) is 3.99. The van der Waals surface area contributed by atoms with Gasteiger partial charge in [-0.1, -0.05) is 63.7 Å². The number of carbonyl (C=O) groups is 1. The van der Waals surface area contributed by atoms with Crippen molar-refractivity contribution in [2.45, 2.75) is 44.0 Å². The van der Waals surface area contributed by atoms with Gasteiger partial charge in [-0.3, -0.25) is 4.79 Å². The van der Waals surface area contributed by atoms with Gasteiger partial charge in [0.15, 0.2) is 10.9 Å². The Hall–Kier alpha value is -4.68. The molecule has 2 N–H and O–H groups in total. The van der Waals surface area contributed by atoms with Crippen LogP contribution in [-0.4, -0.2) is 51.3 Å². The van der Waals surface area contributed by atoms with Gasteiger partial charge in [0.1, 0.15) is 12.3 Å². The fourth-order valence-corrected chi connectivity index (χ4v) is 10.7. The van der Waals surface area contributed by atoms with E-state index in [0.717, 1.165) is 80.3 Å². The molecule has 11 heteroatoms. The van der Waals surface area contributed by atoms with E-state index in [-0.39, 0.29) is 24.3 Å². The molecule has 248 valence electrons. The molecule has 2 bridgehead atoms. The third kappa shape index (κ3) is 3.53. The number of amides is 1. The van der Waals surface area contributed by atoms with Crippen LogP contribution in [0.5, 0.6) is 0 Å². The van der Waals surface area contributed by atoms with Crippen molar-refractivity contribution < 1.29 is 14.3 Å². The summed E-state index contributed by atoms with van der Waals surface area (Å²) in [5.41, 5.74) is 7.36. The molecule has 3 aliphatic rings. The summed E-state index contributed by atoms with van der Waals surface area (Å²) < 4.78 is 19.7. The highest BCUT2D eigenvalue weighted by Crippen LogP contribution is 2.55. The average Bonchev–Trinajstić information content (AvgIpc) is 3.94. The van der Waals surface area contributed by atoms with Crippen LogP contribution in [0.2, 0.25) is 0 Å². The lowest BCUT2D eigenvalue weighted by molar-refractivity contribution is -0.253. The minimum atomic E-state index is -0.910. The molecular weight excluding hydrogens is 712 g/mol. The lowest BCUT2D eigenvalue weighted by Gasteiger charge is -2.50. The molecule has 4 atom stereocenters. The molecule has 3 aliphatic heterocycles. The number of carbonyl (C=O) groups excluding carboxylic acids is 1. The van der Waals surface area contributed by atoms with Gasteiger partial charge < -0.3 is 33.8 Å². The minimum absolute atomic E-state index is 0.0285. The molecule has 7 heterocycles. The Bertz CT molecular complexity index is 2780. The number of fused-ring (bicyclic) bond motifs is 14. The van der Waals surface area contributed by atoms with E-state index in [9.17, 15) is 4.79 Å². The molecule has 1 amide bonds. The Balaban J connectivity index is 1.18. The summed E-state index contributed by atoms with van der Waals surface area (Å²) in [5.74, 6) is -0.0285. The molecule has 4 aromatic heterocycles. The number of halogens is 1. The number of rotatable bonds is 4. The van der Waals surface area contributed by atoms with E-state index in [2.05, 4.69) is 121 Å². The predicted molar refractivity (Wildman–Crippen MR) is 202 cm³/mol. The first-order valence-electron chi connectivity index (χ1n) is 16.8. The van der Waals surface area contributed by atoms with Crippen molar-refractivity contribution in [3.8, 4) is 10.4 Å². The number of hydrogen-bond donors (Lipinski definition) is 2. The van der Waals surface area contributed by atoms with Crippen LogP contribution in [0.1, 0.15) is 35.5 Å². The van der Waals surface area contributed by atoms with Crippen LogP contribution < -0.4 is 10.2 Å². The Labute approximate surface area is 298 Å². The van der Waals surface area contributed by atoms with Crippen molar-refractivity contribution in [3.63, 3.8) is 0 Å². The second kappa shape index (κ2) is 9.97. The lowest BCUT2D eigenvalue weighted by Crippen LogP contribution is -2.60. The zero-order valence-corrected chi connectivity index (χ0v) is 29.9. The van der Waals surface area contributed by atoms with E-state index < -0.39 is 5.72 Å². The van der Waals surface area contributed by atoms with Gasteiger partial charge in [0.25, 0.3) is 5.91 Å². The van der Waals surface area contributed by atoms with Crippen molar-refractivity contribution >= 4 is 92.8 Å². The van der Waals surface area contributed by atoms with E-state index in [0.29, 0.717) is 13.0 Å². The summed E-state index contributed by atoms with van der Waals surface area (Å²) in [4.78, 5) is 25.5. The van der Waals surface area contributed by atoms with Crippen molar-refractivity contribution in [1.29, 1.82) is 0 Å². The van der Waals surface area contributed by atoms with Gasteiger partial charge in [0.05, 0.1) is 38.5 Å². The summed E-state index contributed by atoms with van der Waals surface area (Å²) >= 11 is 5.42. The minimum Gasteiger partial charge on any atom is -0.374 e. The highest BCUT2D eigenvalue weighted by Gasteiger charge is 2.54. The third-order valence-corrected chi connectivity index (χ3v) is 13.0. The van der Waals surface area contributed by atoms with Crippen molar-refractivity contribution in [2.75, 3.05) is 19.1 Å². The van der Waals surface area contributed by atoms with Crippen LogP contribution in [0.25, 0.3) is 65.0 Å². The number of para-hydroxylation sites is 2. The first-order chi connectivity index (χ1) is 24.4. The largest absolute Gasteiger partial charge is 0.374 e. The molecule has 0 radical (unpaired) electrons. The van der Waals surface area contributed by atoms with Crippen molar-refractivity contribution in [2.24, 2.45) is 0 Å². The quantitative estimate of drug-likeness (QED) is 0.189. The SMILES string of the molecule is CO[C@@H]1[C@H](N(C)c2ncc(-c3c[nH]c4ccccc34)s2)C[C@H]2O[C@]1(C)n1c3ccccc3c3c4c(c5c6cc(Br)ccc6n2c5c31)C(=O)NC4. The number of H-pyrrole nitrogens is 1. The molecule has 50 heavy (non-hydrogen) atoms. The van der Waals surface area contributed by atoms with Crippen LogP contribution in [0.3, 0.4) is 0 Å².